The predicted molar refractivity (Wildman–Crippen MR) is 119 cm³/mol. The van der Waals surface area contributed by atoms with Gasteiger partial charge in [-0.25, -0.2) is 4.68 Å². The van der Waals surface area contributed by atoms with E-state index in [1.807, 2.05) is 73.7 Å². The highest BCUT2D eigenvalue weighted by Crippen LogP contribution is 2.28. The Morgan fingerprint density at radius 1 is 1.00 bits per heavy atom. The number of hydrogen-bond acceptors (Lipinski definition) is 3. The van der Waals surface area contributed by atoms with Crippen LogP contribution in [0.3, 0.4) is 0 Å². The first-order chi connectivity index (χ1) is 15.1. The summed E-state index contributed by atoms with van der Waals surface area (Å²) in [5.41, 5.74) is 5.97. The molecule has 5 rings (SSSR count). The molecule has 1 aliphatic rings. The molecule has 0 bridgehead atoms. The van der Waals surface area contributed by atoms with Gasteiger partial charge in [0.15, 0.2) is 0 Å². The molecule has 6 nitrogen and oxygen atoms in total. The van der Waals surface area contributed by atoms with Gasteiger partial charge in [0.05, 0.1) is 11.3 Å². The van der Waals surface area contributed by atoms with E-state index in [0.29, 0.717) is 29.1 Å². The van der Waals surface area contributed by atoms with E-state index in [1.165, 1.54) is 0 Å². The number of carbonyl (C=O) groups excluding carboxylic acids is 2. The van der Waals surface area contributed by atoms with Crippen molar-refractivity contribution in [2.75, 3.05) is 5.32 Å². The SMILES string of the molecule is Cc1ccccc1-c1nn(-c2ccccc2)cc1C(=O)Nc1ccc2c(c1)C(=O)NC2. The van der Waals surface area contributed by atoms with Crippen molar-refractivity contribution in [3.63, 3.8) is 0 Å². The van der Waals surface area contributed by atoms with Crippen molar-refractivity contribution in [2.24, 2.45) is 0 Å². The number of nitrogens with zero attached hydrogens (tertiary/aromatic N) is 2. The standard InChI is InChI=1S/C25H20N4O2/c1-16-7-5-6-10-20(16)23-22(15-29(28-23)19-8-3-2-4-9-19)25(31)27-18-12-11-17-14-26-24(30)21(17)13-18/h2-13,15H,14H2,1H3,(H,26,30)(H,27,31). The monoisotopic (exact) mass is 408 g/mol. The lowest BCUT2D eigenvalue weighted by molar-refractivity contribution is 0.0964. The Morgan fingerprint density at radius 2 is 1.77 bits per heavy atom. The Labute approximate surface area is 179 Å². The Hall–Kier alpha value is -4.19. The van der Waals surface area contributed by atoms with E-state index in [0.717, 1.165) is 22.4 Å². The van der Waals surface area contributed by atoms with Gasteiger partial charge in [0.25, 0.3) is 11.8 Å². The highest BCUT2D eigenvalue weighted by Gasteiger charge is 2.22. The first-order valence-corrected chi connectivity index (χ1v) is 10.0. The first kappa shape index (κ1) is 18.8. The van der Waals surface area contributed by atoms with Crippen LogP contribution in [0.1, 0.15) is 31.8 Å². The second-order valence-electron chi connectivity index (χ2n) is 7.50. The summed E-state index contributed by atoms with van der Waals surface area (Å²) in [6.45, 7) is 2.52. The molecule has 0 saturated heterocycles. The molecule has 1 aromatic heterocycles. The number of nitrogens with one attached hydrogen (secondary N) is 2. The predicted octanol–water partition coefficient (Wildman–Crippen LogP) is 4.34. The van der Waals surface area contributed by atoms with Crippen molar-refractivity contribution in [1.82, 2.24) is 15.1 Å². The molecule has 0 fully saturated rings. The third kappa shape index (κ3) is 3.48. The summed E-state index contributed by atoms with van der Waals surface area (Å²) < 4.78 is 1.72. The van der Waals surface area contributed by atoms with Gasteiger partial charge in [-0.05, 0) is 42.3 Å². The summed E-state index contributed by atoms with van der Waals surface area (Å²) in [4.78, 5) is 25.3. The molecular weight excluding hydrogens is 388 g/mol. The number of para-hydroxylation sites is 1. The molecule has 6 heteroatoms. The largest absolute Gasteiger partial charge is 0.348 e. The summed E-state index contributed by atoms with van der Waals surface area (Å²) in [5.74, 6) is -0.401. The lowest BCUT2D eigenvalue weighted by Crippen LogP contribution is -2.14. The Balaban J connectivity index is 1.55. The lowest BCUT2D eigenvalue weighted by atomic mass is 10.0. The summed E-state index contributed by atoms with van der Waals surface area (Å²) >= 11 is 0. The molecule has 4 aromatic rings. The minimum atomic E-state index is -0.279. The van der Waals surface area contributed by atoms with Crippen molar-refractivity contribution >= 4 is 17.5 Å². The first-order valence-electron chi connectivity index (χ1n) is 10.0. The molecule has 0 atom stereocenters. The smallest absolute Gasteiger partial charge is 0.259 e. The third-order valence-electron chi connectivity index (χ3n) is 5.43. The molecule has 2 heterocycles. The Morgan fingerprint density at radius 3 is 2.58 bits per heavy atom. The number of hydrogen-bond donors (Lipinski definition) is 2. The summed E-state index contributed by atoms with van der Waals surface area (Å²) in [7, 11) is 0. The average Bonchev–Trinajstić information content (AvgIpc) is 3.39. The van der Waals surface area contributed by atoms with Crippen molar-refractivity contribution in [1.29, 1.82) is 0 Å². The van der Waals surface area contributed by atoms with E-state index in [1.54, 1.807) is 16.9 Å². The molecule has 0 saturated carbocycles. The lowest BCUT2D eigenvalue weighted by Gasteiger charge is -2.08. The summed E-state index contributed by atoms with van der Waals surface area (Å²) in [6.07, 6.45) is 1.74. The molecule has 0 radical (unpaired) electrons. The van der Waals surface area contributed by atoms with Crippen molar-refractivity contribution in [3.05, 3.63) is 101 Å². The van der Waals surface area contributed by atoms with Gasteiger partial charge in [-0.1, -0.05) is 48.5 Å². The molecule has 2 amide bonds. The zero-order chi connectivity index (χ0) is 21.4. The summed E-state index contributed by atoms with van der Waals surface area (Å²) in [6, 6.07) is 22.9. The van der Waals surface area contributed by atoms with Crippen molar-refractivity contribution in [3.8, 4) is 16.9 Å². The van der Waals surface area contributed by atoms with Crippen LogP contribution in [0.15, 0.2) is 79.0 Å². The molecular formula is C25H20N4O2. The normalized spacial score (nSPS) is 12.4. The van der Waals surface area contributed by atoms with Gasteiger partial charge in [-0.2, -0.15) is 5.10 Å². The van der Waals surface area contributed by atoms with E-state index in [-0.39, 0.29) is 11.8 Å². The van der Waals surface area contributed by atoms with Crippen LogP contribution in [0, 0.1) is 6.92 Å². The Bertz CT molecular complexity index is 1310. The highest BCUT2D eigenvalue weighted by atomic mass is 16.2. The second-order valence-corrected chi connectivity index (χ2v) is 7.50. The van der Waals surface area contributed by atoms with Crippen LogP contribution in [0.4, 0.5) is 5.69 Å². The minimum absolute atomic E-state index is 0.122. The van der Waals surface area contributed by atoms with Crippen LogP contribution in [0.2, 0.25) is 0 Å². The number of aryl methyl sites for hydroxylation is 1. The van der Waals surface area contributed by atoms with Crippen LogP contribution < -0.4 is 10.6 Å². The van der Waals surface area contributed by atoms with Crippen LogP contribution >= 0.6 is 0 Å². The Kier molecular flexibility index (Phi) is 4.59. The maximum Gasteiger partial charge on any atom is 0.259 e. The molecule has 2 N–H and O–H groups in total. The number of fused-ring (bicyclic) bond motifs is 1. The molecule has 3 aromatic carbocycles. The topological polar surface area (TPSA) is 76.0 Å². The average molecular weight is 408 g/mol. The summed E-state index contributed by atoms with van der Waals surface area (Å²) in [5, 5.41) is 10.5. The maximum absolute atomic E-state index is 13.3. The van der Waals surface area contributed by atoms with Gasteiger partial charge in [0.2, 0.25) is 0 Å². The van der Waals surface area contributed by atoms with Gasteiger partial charge < -0.3 is 10.6 Å². The van der Waals surface area contributed by atoms with E-state index < -0.39 is 0 Å². The molecule has 0 spiro atoms. The van der Waals surface area contributed by atoms with Crippen LogP contribution in [-0.4, -0.2) is 21.6 Å². The fourth-order valence-electron chi connectivity index (χ4n) is 3.78. The van der Waals surface area contributed by atoms with E-state index in [9.17, 15) is 9.59 Å². The number of anilines is 1. The van der Waals surface area contributed by atoms with Crippen molar-refractivity contribution < 1.29 is 9.59 Å². The van der Waals surface area contributed by atoms with E-state index in [4.69, 9.17) is 5.10 Å². The van der Waals surface area contributed by atoms with Gasteiger partial charge in [-0.3, -0.25) is 9.59 Å². The fourth-order valence-corrected chi connectivity index (χ4v) is 3.78. The van der Waals surface area contributed by atoms with Gasteiger partial charge in [0, 0.05) is 29.6 Å². The van der Waals surface area contributed by atoms with Gasteiger partial charge in [-0.15, -0.1) is 0 Å². The molecule has 31 heavy (non-hydrogen) atoms. The quantitative estimate of drug-likeness (QED) is 0.527. The number of amides is 2. The zero-order valence-corrected chi connectivity index (χ0v) is 16.9. The van der Waals surface area contributed by atoms with Crippen LogP contribution in [0.25, 0.3) is 16.9 Å². The van der Waals surface area contributed by atoms with Crippen LogP contribution in [0.5, 0.6) is 0 Å². The van der Waals surface area contributed by atoms with Crippen molar-refractivity contribution in [2.45, 2.75) is 13.5 Å². The zero-order valence-electron chi connectivity index (χ0n) is 16.9. The van der Waals surface area contributed by atoms with Gasteiger partial charge >= 0.3 is 0 Å². The van der Waals surface area contributed by atoms with E-state index >= 15 is 0 Å². The number of aromatic nitrogens is 2. The minimum Gasteiger partial charge on any atom is -0.348 e. The third-order valence-corrected chi connectivity index (χ3v) is 5.43. The van der Waals surface area contributed by atoms with Gasteiger partial charge in [0.1, 0.15) is 5.69 Å². The molecule has 0 unspecified atom stereocenters. The second kappa shape index (κ2) is 7.57. The number of rotatable bonds is 4. The molecule has 152 valence electrons. The molecule has 0 aliphatic carbocycles. The molecule has 1 aliphatic heterocycles. The highest BCUT2D eigenvalue weighted by molar-refractivity contribution is 6.09. The van der Waals surface area contributed by atoms with Crippen LogP contribution in [-0.2, 0) is 6.54 Å². The van der Waals surface area contributed by atoms with E-state index in [2.05, 4.69) is 10.6 Å². The fraction of sp³-hybridized carbons (Fsp3) is 0.0800. The number of benzene rings is 3. The maximum atomic E-state index is 13.3. The number of carbonyl (C=O) groups is 2.